The zero-order chi connectivity index (χ0) is 13.2. The van der Waals surface area contributed by atoms with Crippen molar-refractivity contribution >= 4 is 34.1 Å². The molecule has 3 N–H and O–H groups in total. The van der Waals surface area contributed by atoms with Crippen molar-refractivity contribution in [3.63, 3.8) is 0 Å². The topological polar surface area (TPSA) is 68.0 Å². The maximum Gasteiger partial charge on any atom is 0.263 e. The monoisotopic (exact) mass is 285 g/mol. The van der Waals surface area contributed by atoms with Crippen LogP contribution in [0, 0.1) is 6.92 Å². The quantitative estimate of drug-likeness (QED) is 0.891. The van der Waals surface area contributed by atoms with E-state index in [1.165, 1.54) is 37.0 Å². The summed E-state index contributed by atoms with van der Waals surface area (Å²) in [5.41, 5.74) is 6.33. The fourth-order valence-corrected chi connectivity index (χ4v) is 4.09. The summed E-state index contributed by atoms with van der Waals surface area (Å²) in [5.74, 6) is -0.0398. The van der Waals surface area contributed by atoms with E-state index in [0.29, 0.717) is 10.0 Å². The second-order valence-corrected chi connectivity index (χ2v) is 7.05. The summed E-state index contributed by atoms with van der Waals surface area (Å²) in [6.07, 6.45) is 7.05. The number of carbonyl (C=O) groups is 1. The molecule has 0 aromatic carbocycles. The normalized spacial score (nSPS) is 17.9. The van der Waals surface area contributed by atoms with E-state index >= 15 is 0 Å². The van der Waals surface area contributed by atoms with Gasteiger partial charge in [-0.3, -0.25) is 4.79 Å². The fraction of sp³-hybridized carbons (Fsp3) is 0.667. The van der Waals surface area contributed by atoms with Crippen molar-refractivity contribution < 1.29 is 4.79 Å². The molecule has 1 heterocycles. The van der Waals surface area contributed by atoms with Crippen LogP contribution in [-0.4, -0.2) is 28.4 Å². The number of aryl methyl sites for hydroxylation is 1. The first kappa shape index (κ1) is 13.7. The first-order valence-corrected chi connectivity index (χ1v) is 8.17. The summed E-state index contributed by atoms with van der Waals surface area (Å²) in [6, 6.07) is 0. The zero-order valence-electron chi connectivity index (χ0n) is 10.8. The third-order valence-corrected chi connectivity index (χ3v) is 5.94. The van der Waals surface area contributed by atoms with Gasteiger partial charge in [0.05, 0.1) is 5.69 Å². The van der Waals surface area contributed by atoms with E-state index in [0.717, 1.165) is 12.2 Å². The molecule has 1 amide bonds. The van der Waals surface area contributed by atoms with Gasteiger partial charge in [0.15, 0.2) is 5.13 Å². The van der Waals surface area contributed by atoms with Gasteiger partial charge in [-0.2, -0.15) is 11.8 Å². The van der Waals surface area contributed by atoms with Gasteiger partial charge in [0, 0.05) is 11.3 Å². The Bertz CT molecular complexity index is 439. The van der Waals surface area contributed by atoms with Crippen molar-refractivity contribution in [1.29, 1.82) is 0 Å². The van der Waals surface area contributed by atoms with Gasteiger partial charge in [-0.15, -0.1) is 0 Å². The number of anilines is 1. The molecule has 0 saturated heterocycles. The third kappa shape index (κ3) is 2.80. The summed E-state index contributed by atoms with van der Waals surface area (Å²) in [7, 11) is 0. The minimum atomic E-state index is -0.0398. The predicted octanol–water partition coefficient (Wildman–Crippen LogP) is 2.44. The molecule has 1 saturated carbocycles. The Balaban J connectivity index is 1.98. The summed E-state index contributed by atoms with van der Waals surface area (Å²) in [4.78, 5) is 16.8. The van der Waals surface area contributed by atoms with Crippen LogP contribution in [0.5, 0.6) is 0 Å². The molecule has 1 aliphatic carbocycles. The molecule has 1 aliphatic rings. The number of thioether (sulfide) groups is 1. The number of aromatic nitrogens is 1. The molecule has 1 aromatic rings. The molecular weight excluding hydrogens is 266 g/mol. The molecule has 1 fully saturated rings. The van der Waals surface area contributed by atoms with Gasteiger partial charge in [-0.1, -0.05) is 24.2 Å². The van der Waals surface area contributed by atoms with Crippen LogP contribution in [0.15, 0.2) is 0 Å². The van der Waals surface area contributed by atoms with Crippen LogP contribution < -0.4 is 11.1 Å². The molecule has 0 radical (unpaired) electrons. The minimum Gasteiger partial charge on any atom is -0.375 e. The summed E-state index contributed by atoms with van der Waals surface area (Å²) < 4.78 is 0.236. The first-order valence-electron chi connectivity index (χ1n) is 6.12. The molecule has 1 aromatic heterocycles. The molecule has 0 aliphatic heterocycles. The highest BCUT2D eigenvalue weighted by molar-refractivity contribution is 8.00. The van der Waals surface area contributed by atoms with Crippen LogP contribution in [0.25, 0.3) is 0 Å². The molecule has 0 atom stereocenters. The number of rotatable bonds is 4. The maximum atomic E-state index is 12.1. The van der Waals surface area contributed by atoms with E-state index < -0.39 is 0 Å². The van der Waals surface area contributed by atoms with Crippen molar-refractivity contribution in [2.45, 2.75) is 37.4 Å². The van der Waals surface area contributed by atoms with E-state index in [1.807, 2.05) is 18.7 Å². The highest BCUT2D eigenvalue weighted by atomic mass is 32.2. The van der Waals surface area contributed by atoms with Crippen molar-refractivity contribution in [3.05, 3.63) is 10.6 Å². The Kier molecular flexibility index (Phi) is 4.17. The van der Waals surface area contributed by atoms with Gasteiger partial charge in [0.25, 0.3) is 5.91 Å². The number of nitrogens with zero attached hydrogens (tertiary/aromatic N) is 1. The molecule has 100 valence electrons. The molecular formula is C12H19N3OS2. The lowest BCUT2D eigenvalue weighted by Crippen LogP contribution is -2.38. The summed E-state index contributed by atoms with van der Waals surface area (Å²) in [6.45, 7) is 2.56. The van der Waals surface area contributed by atoms with Crippen LogP contribution >= 0.6 is 23.1 Å². The van der Waals surface area contributed by atoms with Crippen molar-refractivity contribution in [3.8, 4) is 0 Å². The molecule has 18 heavy (non-hydrogen) atoms. The second kappa shape index (κ2) is 5.48. The Morgan fingerprint density at radius 3 is 2.72 bits per heavy atom. The van der Waals surface area contributed by atoms with Crippen molar-refractivity contribution in [2.24, 2.45) is 0 Å². The lowest BCUT2D eigenvalue weighted by molar-refractivity contribution is 0.0953. The van der Waals surface area contributed by atoms with E-state index in [4.69, 9.17) is 5.73 Å². The van der Waals surface area contributed by atoms with Crippen LogP contribution in [0.4, 0.5) is 5.13 Å². The average Bonchev–Trinajstić information content (AvgIpc) is 2.94. The lowest BCUT2D eigenvalue weighted by Gasteiger charge is -2.26. The molecule has 2 rings (SSSR count). The zero-order valence-corrected chi connectivity index (χ0v) is 12.4. The summed E-state index contributed by atoms with van der Waals surface area (Å²) >= 11 is 3.13. The van der Waals surface area contributed by atoms with E-state index in [-0.39, 0.29) is 10.7 Å². The number of amides is 1. The van der Waals surface area contributed by atoms with Crippen LogP contribution in [-0.2, 0) is 0 Å². The van der Waals surface area contributed by atoms with Crippen LogP contribution in [0.3, 0.4) is 0 Å². The van der Waals surface area contributed by atoms with E-state index in [9.17, 15) is 4.79 Å². The first-order chi connectivity index (χ1) is 8.56. The van der Waals surface area contributed by atoms with Crippen LogP contribution in [0.1, 0.15) is 41.0 Å². The minimum absolute atomic E-state index is 0.0398. The Morgan fingerprint density at radius 1 is 1.56 bits per heavy atom. The molecule has 0 spiro atoms. The van der Waals surface area contributed by atoms with Gasteiger partial charge in [-0.25, -0.2) is 4.98 Å². The fourth-order valence-electron chi connectivity index (χ4n) is 2.42. The van der Waals surface area contributed by atoms with Gasteiger partial charge < -0.3 is 11.1 Å². The molecule has 0 bridgehead atoms. The highest BCUT2D eigenvalue weighted by Crippen LogP contribution is 2.39. The number of nitrogens with two attached hydrogens (primary N) is 1. The number of thiazole rings is 1. The number of carbonyl (C=O) groups excluding carboxylic acids is 1. The number of hydrogen-bond donors (Lipinski definition) is 2. The highest BCUT2D eigenvalue weighted by Gasteiger charge is 2.33. The molecule has 4 nitrogen and oxygen atoms in total. The van der Waals surface area contributed by atoms with Gasteiger partial charge in [0.1, 0.15) is 4.88 Å². The Morgan fingerprint density at radius 2 is 2.22 bits per heavy atom. The molecule has 6 heteroatoms. The number of nitrogens with one attached hydrogen (secondary N) is 1. The van der Waals surface area contributed by atoms with Gasteiger partial charge in [0.2, 0.25) is 0 Å². The standard InChI is InChI=1S/C12H19N3OS2/c1-8-9(18-11(13)15-8)10(16)14-7-12(17-2)5-3-4-6-12/h3-7H2,1-2H3,(H2,13,15)(H,14,16). The maximum absolute atomic E-state index is 12.1. The van der Waals surface area contributed by atoms with Gasteiger partial charge in [-0.05, 0) is 26.0 Å². The van der Waals surface area contributed by atoms with Gasteiger partial charge >= 0.3 is 0 Å². The van der Waals surface area contributed by atoms with E-state index in [2.05, 4.69) is 16.6 Å². The Hall–Kier alpha value is -0.750. The SMILES string of the molecule is CSC1(CNC(=O)c2sc(N)nc2C)CCCC1. The molecule has 0 unspecified atom stereocenters. The lowest BCUT2D eigenvalue weighted by atomic mass is 10.1. The van der Waals surface area contributed by atoms with Crippen molar-refractivity contribution in [1.82, 2.24) is 10.3 Å². The number of nitrogen functional groups attached to an aromatic ring is 1. The smallest absolute Gasteiger partial charge is 0.263 e. The van der Waals surface area contributed by atoms with Crippen LogP contribution in [0.2, 0.25) is 0 Å². The number of hydrogen-bond acceptors (Lipinski definition) is 5. The second-order valence-electron chi connectivity index (χ2n) is 4.74. The summed E-state index contributed by atoms with van der Waals surface area (Å²) in [5, 5.41) is 3.50. The average molecular weight is 285 g/mol. The largest absolute Gasteiger partial charge is 0.375 e. The third-order valence-electron chi connectivity index (χ3n) is 3.54. The van der Waals surface area contributed by atoms with Crippen molar-refractivity contribution in [2.75, 3.05) is 18.5 Å². The van der Waals surface area contributed by atoms with E-state index in [1.54, 1.807) is 0 Å². The Labute approximate surface area is 116 Å². The predicted molar refractivity (Wildman–Crippen MR) is 78.3 cm³/mol.